The van der Waals surface area contributed by atoms with Crippen LogP contribution in [0.4, 0.5) is 0 Å². The lowest BCUT2D eigenvalue weighted by atomic mass is 10.1. The molecule has 0 amide bonds. The maximum absolute atomic E-state index is 11.3. The summed E-state index contributed by atoms with van der Waals surface area (Å²) in [6.07, 6.45) is 2.84. The maximum atomic E-state index is 11.3. The largest absolute Gasteiger partial charge is 0.256 e. The molecule has 1 radical (unpaired) electrons. The third kappa shape index (κ3) is 2.28. The van der Waals surface area contributed by atoms with Gasteiger partial charge in [-0.1, -0.05) is 12.1 Å². The van der Waals surface area contributed by atoms with Crippen LogP contribution in [0.15, 0.2) is 47.5 Å². The monoisotopic (exact) mass is 232 g/mol. The van der Waals surface area contributed by atoms with Crippen molar-refractivity contribution in [3.8, 4) is 11.3 Å². The van der Waals surface area contributed by atoms with Crippen molar-refractivity contribution in [1.82, 2.24) is 4.98 Å². The van der Waals surface area contributed by atoms with Gasteiger partial charge in [0.15, 0.2) is 9.84 Å². The van der Waals surface area contributed by atoms with E-state index in [4.69, 9.17) is 0 Å². The average molecular weight is 232 g/mol. The highest BCUT2D eigenvalue weighted by Crippen LogP contribution is 2.18. The van der Waals surface area contributed by atoms with Gasteiger partial charge in [0.2, 0.25) is 0 Å². The molecule has 0 saturated carbocycles. The topological polar surface area (TPSA) is 47.0 Å². The van der Waals surface area contributed by atoms with Crippen LogP contribution in [0.25, 0.3) is 11.3 Å². The Morgan fingerprint density at radius 1 is 1.19 bits per heavy atom. The minimum Gasteiger partial charge on any atom is -0.256 e. The molecule has 0 N–H and O–H groups in total. The molecule has 0 aliphatic carbocycles. The molecule has 2 rings (SSSR count). The molecule has 2 aromatic rings. The van der Waals surface area contributed by atoms with Gasteiger partial charge in [-0.3, -0.25) is 4.98 Å². The molecular formula is C12H10NO2S. The van der Waals surface area contributed by atoms with Gasteiger partial charge in [-0.25, -0.2) is 8.42 Å². The smallest absolute Gasteiger partial charge is 0.175 e. The van der Waals surface area contributed by atoms with Crippen LogP contribution in [0.3, 0.4) is 0 Å². The van der Waals surface area contributed by atoms with Crippen LogP contribution in [0, 0.1) is 6.07 Å². The van der Waals surface area contributed by atoms with Gasteiger partial charge in [0.25, 0.3) is 0 Å². The van der Waals surface area contributed by atoms with Crippen molar-refractivity contribution >= 4 is 9.84 Å². The number of hydrogen-bond acceptors (Lipinski definition) is 3. The third-order valence-corrected chi connectivity index (χ3v) is 3.31. The number of aromatic nitrogens is 1. The lowest BCUT2D eigenvalue weighted by Crippen LogP contribution is -1.96. The molecular weight excluding hydrogens is 222 g/mol. The van der Waals surface area contributed by atoms with Crippen LogP contribution in [-0.2, 0) is 9.84 Å². The Morgan fingerprint density at radius 3 is 2.38 bits per heavy atom. The van der Waals surface area contributed by atoms with Gasteiger partial charge in [0.1, 0.15) is 0 Å². The molecule has 0 saturated heterocycles. The Balaban J connectivity index is 2.41. The summed E-state index contributed by atoms with van der Waals surface area (Å²) in [4.78, 5) is 4.48. The molecule has 16 heavy (non-hydrogen) atoms. The Bertz CT molecular complexity index is 574. The molecule has 0 aliphatic heterocycles. The number of pyridine rings is 1. The Hall–Kier alpha value is -1.68. The van der Waals surface area contributed by atoms with Crippen LogP contribution in [0.5, 0.6) is 0 Å². The highest BCUT2D eigenvalue weighted by atomic mass is 32.2. The SMILES string of the molecule is CS(=O)(=O)c1ccc(-c2c[c]ccn2)cc1. The van der Waals surface area contributed by atoms with E-state index in [0.717, 1.165) is 11.3 Å². The van der Waals surface area contributed by atoms with E-state index >= 15 is 0 Å². The number of rotatable bonds is 2. The minimum atomic E-state index is -3.13. The van der Waals surface area contributed by atoms with Crippen molar-refractivity contribution < 1.29 is 8.42 Å². The molecule has 0 spiro atoms. The van der Waals surface area contributed by atoms with Crippen molar-refractivity contribution in [2.24, 2.45) is 0 Å². The van der Waals surface area contributed by atoms with Gasteiger partial charge in [-0.15, -0.1) is 0 Å². The Morgan fingerprint density at radius 2 is 1.88 bits per heavy atom. The summed E-state index contributed by atoms with van der Waals surface area (Å²) in [5, 5.41) is 0. The van der Waals surface area contributed by atoms with Gasteiger partial charge in [0, 0.05) is 18.0 Å². The highest BCUT2D eigenvalue weighted by Gasteiger charge is 2.06. The number of sulfone groups is 1. The lowest BCUT2D eigenvalue weighted by molar-refractivity contribution is 0.602. The van der Waals surface area contributed by atoms with Crippen LogP contribution in [-0.4, -0.2) is 19.7 Å². The van der Waals surface area contributed by atoms with E-state index in [1.54, 1.807) is 42.6 Å². The van der Waals surface area contributed by atoms with Crippen molar-refractivity contribution in [2.45, 2.75) is 4.90 Å². The Kier molecular flexibility index (Phi) is 2.75. The van der Waals surface area contributed by atoms with Crippen LogP contribution < -0.4 is 0 Å². The summed E-state index contributed by atoms with van der Waals surface area (Å²) in [7, 11) is -3.13. The predicted octanol–water partition coefficient (Wildman–Crippen LogP) is 1.95. The highest BCUT2D eigenvalue weighted by molar-refractivity contribution is 7.90. The molecule has 0 aliphatic rings. The summed E-state index contributed by atoms with van der Waals surface area (Å²) in [6, 6.07) is 13.1. The second-order valence-corrected chi connectivity index (χ2v) is 5.45. The zero-order valence-electron chi connectivity index (χ0n) is 8.71. The standard InChI is InChI=1S/C12H10NO2S/c1-16(14,15)11-7-5-10(6-8-11)12-4-2-3-9-13-12/h3-9H,1H3. The summed E-state index contributed by atoms with van der Waals surface area (Å²) >= 11 is 0. The molecule has 1 aromatic carbocycles. The van der Waals surface area contributed by atoms with E-state index in [0.29, 0.717) is 4.90 Å². The summed E-state index contributed by atoms with van der Waals surface area (Å²) in [6.45, 7) is 0. The van der Waals surface area contributed by atoms with Gasteiger partial charge in [-0.2, -0.15) is 0 Å². The first-order valence-corrected chi connectivity index (χ1v) is 6.59. The first-order valence-electron chi connectivity index (χ1n) is 4.70. The predicted molar refractivity (Wildman–Crippen MR) is 61.6 cm³/mol. The molecule has 0 fully saturated rings. The molecule has 81 valence electrons. The molecule has 0 atom stereocenters. The van der Waals surface area contributed by atoms with Gasteiger partial charge < -0.3 is 0 Å². The van der Waals surface area contributed by atoms with Crippen molar-refractivity contribution in [3.63, 3.8) is 0 Å². The number of nitrogens with zero attached hydrogens (tertiary/aromatic N) is 1. The van der Waals surface area contributed by atoms with Crippen molar-refractivity contribution in [3.05, 3.63) is 48.7 Å². The first kappa shape index (κ1) is 10.8. The fraction of sp³-hybridized carbons (Fsp3) is 0.0833. The average Bonchev–Trinajstić information content (AvgIpc) is 2.29. The molecule has 4 heteroatoms. The number of benzene rings is 1. The zero-order valence-corrected chi connectivity index (χ0v) is 9.53. The maximum Gasteiger partial charge on any atom is 0.175 e. The summed E-state index contributed by atoms with van der Waals surface area (Å²) in [5.41, 5.74) is 1.66. The molecule has 0 unspecified atom stereocenters. The van der Waals surface area contributed by atoms with E-state index in [1.165, 1.54) is 6.26 Å². The normalized spacial score (nSPS) is 11.3. The minimum absolute atomic E-state index is 0.316. The van der Waals surface area contributed by atoms with Crippen LogP contribution >= 0.6 is 0 Å². The van der Waals surface area contributed by atoms with Crippen molar-refractivity contribution in [2.75, 3.05) is 6.26 Å². The molecule has 1 heterocycles. The van der Waals surface area contributed by atoms with E-state index in [9.17, 15) is 8.42 Å². The van der Waals surface area contributed by atoms with Gasteiger partial charge >= 0.3 is 0 Å². The van der Waals surface area contributed by atoms with E-state index in [1.807, 2.05) is 0 Å². The van der Waals surface area contributed by atoms with E-state index in [2.05, 4.69) is 11.1 Å². The van der Waals surface area contributed by atoms with Gasteiger partial charge in [-0.05, 0) is 30.3 Å². The van der Waals surface area contributed by atoms with Crippen molar-refractivity contribution in [1.29, 1.82) is 0 Å². The van der Waals surface area contributed by atoms with Crippen LogP contribution in [0.2, 0.25) is 0 Å². The summed E-state index contributed by atoms with van der Waals surface area (Å²) < 4.78 is 22.5. The summed E-state index contributed by atoms with van der Waals surface area (Å²) in [5.74, 6) is 0. The lowest BCUT2D eigenvalue weighted by Gasteiger charge is -2.01. The molecule has 3 nitrogen and oxygen atoms in total. The van der Waals surface area contributed by atoms with E-state index in [-0.39, 0.29) is 0 Å². The fourth-order valence-electron chi connectivity index (χ4n) is 1.36. The van der Waals surface area contributed by atoms with Gasteiger partial charge in [0.05, 0.1) is 10.6 Å². The van der Waals surface area contributed by atoms with Crippen LogP contribution in [0.1, 0.15) is 0 Å². The number of hydrogen-bond donors (Lipinski definition) is 0. The third-order valence-electron chi connectivity index (χ3n) is 2.18. The quantitative estimate of drug-likeness (QED) is 0.795. The van der Waals surface area contributed by atoms with E-state index < -0.39 is 9.84 Å². The second kappa shape index (κ2) is 4.06. The second-order valence-electron chi connectivity index (χ2n) is 3.44. The molecule has 0 bridgehead atoms. The fourth-order valence-corrected chi connectivity index (χ4v) is 1.99. The zero-order chi connectivity index (χ0) is 11.6. The molecule has 1 aromatic heterocycles. The first-order chi connectivity index (χ1) is 7.57. The Labute approximate surface area is 94.7 Å².